The van der Waals surface area contributed by atoms with E-state index in [9.17, 15) is 4.79 Å². The lowest BCUT2D eigenvalue weighted by Crippen LogP contribution is -2.22. The summed E-state index contributed by atoms with van der Waals surface area (Å²) in [6.07, 6.45) is 5.66. The van der Waals surface area contributed by atoms with Gasteiger partial charge in [-0.25, -0.2) is 4.68 Å². The molecule has 1 fully saturated rings. The Hall–Kier alpha value is -2.25. The summed E-state index contributed by atoms with van der Waals surface area (Å²) in [7, 11) is 0. The average Bonchev–Trinajstić information content (AvgIpc) is 2.94. The molecule has 2 heterocycles. The summed E-state index contributed by atoms with van der Waals surface area (Å²) in [5.41, 5.74) is 0. The molecule has 0 radical (unpaired) electrons. The average molecular weight is 276 g/mol. The molecule has 20 heavy (non-hydrogen) atoms. The zero-order valence-electron chi connectivity index (χ0n) is 11.1. The molecule has 1 aliphatic carbocycles. The maximum absolute atomic E-state index is 11.0. The second-order valence-corrected chi connectivity index (χ2v) is 5.15. The second-order valence-electron chi connectivity index (χ2n) is 5.15. The number of hydrogen-bond acceptors (Lipinski definition) is 5. The molecule has 0 bridgehead atoms. The van der Waals surface area contributed by atoms with Crippen LogP contribution in [0, 0.1) is 5.92 Å². The summed E-state index contributed by atoms with van der Waals surface area (Å²) < 4.78 is 3.42. The van der Waals surface area contributed by atoms with E-state index in [0.717, 1.165) is 12.8 Å². The van der Waals surface area contributed by atoms with Gasteiger partial charge in [0, 0.05) is 12.4 Å². The van der Waals surface area contributed by atoms with E-state index in [1.54, 1.807) is 15.6 Å². The summed E-state index contributed by atoms with van der Waals surface area (Å²) in [6.45, 7) is 1.94. The molecule has 106 valence electrons. The highest BCUT2D eigenvalue weighted by Gasteiger charge is 2.37. The largest absolute Gasteiger partial charge is 0.481 e. The molecule has 3 rings (SSSR count). The van der Waals surface area contributed by atoms with E-state index < -0.39 is 5.97 Å². The van der Waals surface area contributed by atoms with Crippen LogP contribution in [0.2, 0.25) is 0 Å². The molecule has 0 amide bonds. The molecule has 2 unspecified atom stereocenters. The van der Waals surface area contributed by atoms with Gasteiger partial charge in [-0.2, -0.15) is 5.10 Å². The Bertz CT molecular complexity index is 589. The minimum absolute atomic E-state index is 0.0501. The van der Waals surface area contributed by atoms with Crippen molar-refractivity contribution < 1.29 is 9.90 Å². The van der Waals surface area contributed by atoms with Crippen LogP contribution in [0.1, 0.15) is 44.1 Å². The summed E-state index contributed by atoms with van der Waals surface area (Å²) >= 11 is 0. The van der Waals surface area contributed by atoms with Gasteiger partial charge in [0.15, 0.2) is 5.82 Å². The van der Waals surface area contributed by atoms with E-state index in [2.05, 4.69) is 20.6 Å². The molecule has 8 heteroatoms. The van der Waals surface area contributed by atoms with E-state index in [-0.39, 0.29) is 18.5 Å². The second kappa shape index (κ2) is 5.03. The monoisotopic (exact) mass is 276 g/mol. The number of tetrazole rings is 1. The number of hydrogen-bond donors (Lipinski definition) is 1. The van der Waals surface area contributed by atoms with Crippen molar-refractivity contribution in [3.8, 4) is 0 Å². The third-order valence-electron chi connectivity index (χ3n) is 3.68. The number of rotatable bonds is 6. The van der Waals surface area contributed by atoms with Crippen LogP contribution < -0.4 is 0 Å². The van der Waals surface area contributed by atoms with E-state index in [4.69, 9.17) is 5.11 Å². The van der Waals surface area contributed by atoms with Crippen LogP contribution in [-0.2, 0) is 4.79 Å². The molecule has 2 aromatic heterocycles. The number of nitrogens with zero attached hydrogens (tertiary/aromatic N) is 6. The molecule has 1 aliphatic rings. The first-order chi connectivity index (χ1) is 9.66. The molecule has 0 aliphatic heterocycles. The fourth-order valence-corrected chi connectivity index (χ4v) is 2.45. The predicted molar refractivity (Wildman–Crippen MR) is 67.9 cm³/mol. The smallest absolute Gasteiger partial charge is 0.305 e. The van der Waals surface area contributed by atoms with Gasteiger partial charge in [-0.1, -0.05) is 0 Å². The van der Waals surface area contributed by atoms with Gasteiger partial charge < -0.3 is 5.11 Å². The maximum Gasteiger partial charge on any atom is 0.305 e. The number of carboxylic acids is 1. The van der Waals surface area contributed by atoms with Gasteiger partial charge in [0.1, 0.15) is 6.04 Å². The first kappa shape index (κ1) is 12.8. The summed E-state index contributed by atoms with van der Waals surface area (Å²) in [6, 6.07) is 1.53. The standard InChI is InChI=1S/C12H16N6O2/c1-8(17-6-2-5-13-17)12-14-15-16-18(12)10(7-11(19)20)9-3-4-9/h2,5-6,8-10H,3-4,7H2,1H3,(H,19,20). The van der Waals surface area contributed by atoms with Crippen molar-refractivity contribution in [2.24, 2.45) is 5.92 Å². The van der Waals surface area contributed by atoms with Crippen LogP contribution in [0.4, 0.5) is 0 Å². The van der Waals surface area contributed by atoms with Gasteiger partial charge in [0.05, 0.1) is 12.5 Å². The van der Waals surface area contributed by atoms with Gasteiger partial charge in [0.2, 0.25) is 0 Å². The highest BCUT2D eigenvalue weighted by molar-refractivity contribution is 5.67. The van der Waals surface area contributed by atoms with Gasteiger partial charge in [-0.3, -0.25) is 9.48 Å². The number of aliphatic carboxylic acids is 1. The van der Waals surface area contributed by atoms with Crippen LogP contribution in [0.25, 0.3) is 0 Å². The normalized spacial score (nSPS) is 17.9. The SMILES string of the molecule is CC(c1nnnn1C(CC(=O)O)C1CC1)n1cccn1. The Kier molecular flexibility index (Phi) is 3.21. The van der Waals surface area contributed by atoms with E-state index in [1.807, 2.05) is 19.2 Å². The molecule has 2 aromatic rings. The van der Waals surface area contributed by atoms with Crippen LogP contribution in [-0.4, -0.2) is 41.1 Å². The Morgan fingerprint density at radius 2 is 2.35 bits per heavy atom. The Labute approximate surface area is 115 Å². The zero-order valence-corrected chi connectivity index (χ0v) is 11.1. The highest BCUT2D eigenvalue weighted by Crippen LogP contribution is 2.42. The van der Waals surface area contributed by atoms with Gasteiger partial charge in [-0.05, 0) is 42.2 Å². The van der Waals surface area contributed by atoms with Gasteiger partial charge in [0.25, 0.3) is 0 Å². The van der Waals surface area contributed by atoms with Gasteiger partial charge in [-0.15, -0.1) is 5.10 Å². The maximum atomic E-state index is 11.0. The third-order valence-corrected chi connectivity index (χ3v) is 3.68. The van der Waals surface area contributed by atoms with E-state index in [1.165, 1.54) is 0 Å². The van der Waals surface area contributed by atoms with Crippen LogP contribution in [0.15, 0.2) is 18.5 Å². The molecule has 0 aromatic carbocycles. The Morgan fingerprint density at radius 3 is 2.95 bits per heavy atom. The van der Waals surface area contributed by atoms with E-state index >= 15 is 0 Å². The highest BCUT2D eigenvalue weighted by atomic mass is 16.4. The molecule has 0 saturated heterocycles. The molecular formula is C12H16N6O2. The first-order valence-corrected chi connectivity index (χ1v) is 6.65. The number of aromatic nitrogens is 6. The molecule has 0 spiro atoms. The molecule has 2 atom stereocenters. The summed E-state index contributed by atoms with van der Waals surface area (Å²) in [5.74, 6) is 0.181. The van der Waals surface area contributed by atoms with Crippen molar-refractivity contribution >= 4 is 5.97 Å². The quantitative estimate of drug-likeness (QED) is 0.841. The zero-order chi connectivity index (χ0) is 14.1. The molecule has 1 N–H and O–H groups in total. The fraction of sp³-hybridized carbons (Fsp3) is 0.583. The Morgan fingerprint density at radius 1 is 1.55 bits per heavy atom. The summed E-state index contributed by atoms with van der Waals surface area (Å²) in [5, 5.41) is 25.1. The number of carbonyl (C=O) groups is 1. The minimum atomic E-state index is -0.824. The summed E-state index contributed by atoms with van der Waals surface area (Å²) in [4.78, 5) is 11.0. The Balaban J connectivity index is 1.90. The lowest BCUT2D eigenvalue weighted by atomic mass is 10.1. The fourth-order valence-electron chi connectivity index (χ4n) is 2.45. The third kappa shape index (κ3) is 2.40. The van der Waals surface area contributed by atoms with Crippen LogP contribution in [0.5, 0.6) is 0 Å². The van der Waals surface area contributed by atoms with Crippen molar-refractivity contribution in [1.82, 2.24) is 30.0 Å². The lowest BCUT2D eigenvalue weighted by molar-refractivity contribution is -0.138. The van der Waals surface area contributed by atoms with Crippen molar-refractivity contribution in [2.45, 2.75) is 38.3 Å². The number of carboxylic acid groups (broad SMARTS) is 1. The van der Waals surface area contributed by atoms with Crippen LogP contribution >= 0.6 is 0 Å². The van der Waals surface area contributed by atoms with E-state index in [0.29, 0.717) is 11.7 Å². The topological polar surface area (TPSA) is 98.7 Å². The van der Waals surface area contributed by atoms with Crippen molar-refractivity contribution in [2.75, 3.05) is 0 Å². The van der Waals surface area contributed by atoms with Crippen molar-refractivity contribution in [1.29, 1.82) is 0 Å². The predicted octanol–water partition coefficient (Wildman–Crippen LogP) is 0.905. The molecule has 8 nitrogen and oxygen atoms in total. The van der Waals surface area contributed by atoms with Crippen molar-refractivity contribution in [3.63, 3.8) is 0 Å². The van der Waals surface area contributed by atoms with Crippen LogP contribution in [0.3, 0.4) is 0 Å². The molecule has 1 saturated carbocycles. The molecular weight excluding hydrogens is 260 g/mol. The van der Waals surface area contributed by atoms with Crippen molar-refractivity contribution in [3.05, 3.63) is 24.3 Å². The lowest BCUT2D eigenvalue weighted by Gasteiger charge is -2.18. The van der Waals surface area contributed by atoms with Gasteiger partial charge >= 0.3 is 5.97 Å². The minimum Gasteiger partial charge on any atom is -0.481 e. The first-order valence-electron chi connectivity index (χ1n) is 6.65.